The number of carbonyl (C=O) groups is 1. The third-order valence-corrected chi connectivity index (χ3v) is 4.50. The van der Waals surface area contributed by atoms with Gasteiger partial charge < -0.3 is 20.5 Å². The molecule has 3 N–H and O–H groups in total. The Morgan fingerprint density at radius 1 is 1.48 bits per heavy atom. The Hall–Kier alpha value is -0.650. The molecule has 1 fully saturated rings. The van der Waals surface area contributed by atoms with Gasteiger partial charge in [0.15, 0.2) is 0 Å². The molecule has 1 saturated carbocycles. The van der Waals surface area contributed by atoms with Gasteiger partial charge in [0, 0.05) is 20.1 Å². The van der Waals surface area contributed by atoms with Gasteiger partial charge in [-0.2, -0.15) is 0 Å². The predicted molar refractivity (Wildman–Crippen MR) is 84.1 cm³/mol. The second-order valence-corrected chi connectivity index (χ2v) is 6.68. The van der Waals surface area contributed by atoms with Crippen molar-refractivity contribution in [2.45, 2.75) is 76.5 Å². The highest BCUT2D eigenvalue weighted by molar-refractivity contribution is 5.84. The van der Waals surface area contributed by atoms with E-state index in [1.54, 1.807) is 7.11 Å². The molecule has 2 unspecified atom stereocenters. The largest absolute Gasteiger partial charge is 0.379 e. The van der Waals surface area contributed by atoms with Crippen LogP contribution in [0.1, 0.15) is 59.3 Å². The van der Waals surface area contributed by atoms with E-state index in [0.717, 1.165) is 38.6 Å². The number of rotatable bonds is 9. The molecule has 21 heavy (non-hydrogen) atoms. The van der Waals surface area contributed by atoms with E-state index in [0.29, 0.717) is 13.0 Å². The van der Waals surface area contributed by atoms with Gasteiger partial charge in [0.05, 0.1) is 11.7 Å². The van der Waals surface area contributed by atoms with E-state index in [2.05, 4.69) is 12.2 Å². The lowest BCUT2D eigenvalue weighted by Crippen LogP contribution is -2.59. The predicted octanol–water partition coefficient (Wildman–Crippen LogP) is 1.98. The summed E-state index contributed by atoms with van der Waals surface area (Å²) in [5, 5.41) is 3.35. The maximum absolute atomic E-state index is 11.9. The lowest BCUT2D eigenvalue weighted by molar-refractivity contribution is -0.129. The first-order valence-electron chi connectivity index (χ1n) is 8.07. The van der Waals surface area contributed by atoms with Crippen LogP contribution < -0.4 is 11.1 Å². The van der Waals surface area contributed by atoms with Crippen molar-refractivity contribution >= 4 is 5.91 Å². The van der Waals surface area contributed by atoms with Crippen molar-refractivity contribution in [3.63, 3.8) is 0 Å². The third-order valence-electron chi connectivity index (χ3n) is 4.50. The Labute approximate surface area is 128 Å². The van der Waals surface area contributed by atoms with Crippen LogP contribution in [0.5, 0.6) is 0 Å². The maximum Gasteiger partial charge on any atom is 0.237 e. The Bertz CT molecular complexity index is 333. The van der Waals surface area contributed by atoms with E-state index < -0.39 is 5.54 Å². The van der Waals surface area contributed by atoms with E-state index in [1.165, 1.54) is 0 Å². The normalized spacial score (nSPS) is 26.8. The van der Waals surface area contributed by atoms with Gasteiger partial charge in [0.1, 0.15) is 5.54 Å². The highest BCUT2D eigenvalue weighted by Crippen LogP contribution is 2.30. The average molecular weight is 300 g/mol. The van der Waals surface area contributed by atoms with Crippen molar-refractivity contribution < 1.29 is 14.3 Å². The number of ether oxygens (including phenoxy) is 2. The summed E-state index contributed by atoms with van der Waals surface area (Å²) in [6.07, 6.45) is 5.38. The number of primary amides is 1. The fraction of sp³-hybridized carbons (Fsp3) is 0.938. The highest BCUT2D eigenvalue weighted by Gasteiger charge is 2.41. The molecule has 0 aliphatic heterocycles. The van der Waals surface area contributed by atoms with Crippen molar-refractivity contribution in [3.05, 3.63) is 0 Å². The van der Waals surface area contributed by atoms with Crippen LogP contribution in [-0.2, 0) is 14.3 Å². The molecule has 2 atom stereocenters. The molecule has 124 valence electrons. The summed E-state index contributed by atoms with van der Waals surface area (Å²) in [5.74, 6) is -0.249. The average Bonchev–Trinajstić information content (AvgIpc) is 2.45. The Balaban J connectivity index is 2.51. The van der Waals surface area contributed by atoms with Crippen molar-refractivity contribution in [1.29, 1.82) is 0 Å². The Kier molecular flexibility index (Phi) is 7.10. The van der Waals surface area contributed by atoms with Crippen molar-refractivity contribution in [1.82, 2.24) is 5.32 Å². The van der Waals surface area contributed by atoms with Crippen LogP contribution in [0.4, 0.5) is 0 Å². The standard InChI is InChI=1S/C16H32N2O3/c1-5-10-18-16(14(17)19)8-6-7-13(12-16)21-11-9-15(2,3)20-4/h13,18H,5-12H2,1-4H3,(H2,17,19). The molecule has 1 aliphatic carbocycles. The summed E-state index contributed by atoms with van der Waals surface area (Å²) in [4.78, 5) is 11.9. The lowest BCUT2D eigenvalue weighted by atomic mass is 9.79. The molecule has 1 rings (SSSR count). The molecule has 0 saturated heterocycles. The van der Waals surface area contributed by atoms with E-state index in [-0.39, 0.29) is 17.6 Å². The van der Waals surface area contributed by atoms with Crippen LogP contribution in [0.25, 0.3) is 0 Å². The van der Waals surface area contributed by atoms with Crippen LogP contribution in [0.2, 0.25) is 0 Å². The van der Waals surface area contributed by atoms with Crippen molar-refractivity contribution in [2.24, 2.45) is 5.73 Å². The van der Waals surface area contributed by atoms with E-state index in [4.69, 9.17) is 15.2 Å². The summed E-state index contributed by atoms with van der Waals surface area (Å²) < 4.78 is 11.4. The minimum atomic E-state index is -0.588. The van der Waals surface area contributed by atoms with Crippen LogP contribution in [-0.4, -0.2) is 43.4 Å². The molecule has 0 radical (unpaired) electrons. The van der Waals surface area contributed by atoms with Gasteiger partial charge in [-0.3, -0.25) is 4.79 Å². The molecular formula is C16H32N2O3. The Morgan fingerprint density at radius 2 is 2.19 bits per heavy atom. The first kappa shape index (κ1) is 18.4. The highest BCUT2D eigenvalue weighted by atomic mass is 16.5. The van der Waals surface area contributed by atoms with Gasteiger partial charge in [-0.1, -0.05) is 6.92 Å². The second kappa shape index (κ2) is 8.11. The number of carbonyl (C=O) groups excluding carboxylic acids is 1. The molecule has 0 spiro atoms. The third kappa shape index (κ3) is 5.57. The van der Waals surface area contributed by atoms with E-state index in [9.17, 15) is 4.79 Å². The smallest absolute Gasteiger partial charge is 0.237 e. The Morgan fingerprint density at radius 3 is 2.76 bits per heavy atom. The van der Waals surface area contributed by atoms with Crippen LogP contribution in [0.15, 0.2) is 0 Å². The molecule has 0 aromatic rings. The minimum absolute atomic E-state index is 0.100. The molecule has 5 nitrogen and oxygen atoms in total. The summed E-state index contributed by atoms with van der Waals surface area (Å²) in [6, 6.07) is 0. The van der Waals surface area contributed by atoms with Gasteiger partial charge in [-0.05, 0) is 52.5 Å². The van der Waals surface area contributed by atoms with Gasteiger partial charge in [-0.15, -0.1) is 0 Å². The number of hydrogen-bond acceptors (Lipinski definition) is 4. The maximum atomic E-state index is 11.9. The molecule has 0 aromatic carbocycles. The fourth-order valence-electron chi connectivity index (χ4n) is 2.78. The SMILES string of the molecule is CCCNC1(C(N)=O)CCCC(OCCC(C)(C)OC)C1. The molecular weight excluding hydrogens is 268 g/mol. The fourth-order valence-corrected chi connectivity index (χ4v) is 2.78. The molecule has 1 aliphatic rings. The quantitative estimate of drug-likeness (QED) is 0.683. The molecule has 1 amide bonds. The number of nitrogens with one attached hydrogen (secondary N) is 1. The zero-order chi connectivity index (χ0) is 15.9. The van der Waals surface area contributed by atoms with Crippen LogP contribution in [0, 0.1) is 0 Å². The summed E-state index contributed by atoms with van der Waals surface area (Å²) in [7, 11) is 1.72. The molecule has 0 heterocycles. The van der Waals surface area contributed by atoms with E-state index >= 15 is 0 Å². The number of amides is 1. The number of nitrogens with two attached hydrogens (primary N) is 1. The first-order valence-corrected chi connectivity index (χ1v) is 8.07. The van der Waals surface area contributed by atoms with Crippen molar-refractivity contribution in [2.75, 3.05) is 20.3 Å². The minimum Gasteiger partial charge on any atom is -0.379 e. The van der Waals surface area contributed by atoms with Crippen LogP contribution in [0.3, 0.4) is 0 Å². The van der Waals surface area contributed by atoms with Gasteiger partial charge in [0.2, 0.25) is 5.91 Å². The zero-order valence-corrected chi connectivity index (χ0v) is 14.0. The molecule has 5 heteroatoms. The first-order chi connectivity index (χ1) is 9.85. The molecule has 0 bridgehead atoms. The van der Waals surface area contributed by atoms with Gasteiger partial charge in [-0.25, -0.2) is 0 Å². The second-order valence-electron chi connectivity index (χ2n) is 6.68. The zero-order valence-electron chi connectivity index (χ0n) is 14.0. The van der Waals surface area contributed by atoms with Gasteiger partial charge in [0.25, 0.3) is 0 Å². The number of hydrogen-bond donors (Lipinski definition) is 2. The summed E-state index contributed by atoms with van der Waals surface area (Å²) in [6.45, 7) is 7.65. The topological polar surface area (TPSA) is 73.6 Å². The number of methoxy groups -OCH3 is 1. The summed E-state index contributed by atoms with van der Waals surface area (Å²) in [5.41, 5.74) is 4.89. The summed E-state index contributed by atoms with van der Waals surface area (Å²) >= 11 is 0. The van der Waals surface area contributed by atoms with E-state index in [1.807, 2.05) is 13.8 Å². The van der Waals surface area contributed by atoms with Crippen LogP contribution >= 0.6 is 0 Å². The lowest BCUT2D eigenvalue weighted by Gasteiger charge is -2.39. The van der Waals surface area contributed by atoms with Gasteiger partial charge >= 0.3 is 0 Å². The van der Waals surface area contributed by atoms with Crippen molar-refractivity contribution in [3.8, 4) is 0 Å². The molecule has 0 aromatic heterocycles. The monoisotopic (exact) mass is 300 g/mol.